The monoisotopic (exact) mass is 458 g/mol. The number of hydrogen-bond donors (Lipinski definition) is 1. The summed E-state index contributed by atoms with van der Waals surface area (Å²) in [4.78, 5) is 20.2. The molecule has 2 unspecified atom stereocenters. The zero-order chi connectivity index (χ0) is 19.7. The second-order valence-corrected chi connectivity index (χ2v) is 7.55. The van der Waals surface area contributed by atoms with E-state index in [1.807, 2.05) is 0 Å². The van der Waals surface area contributed by atoms with Gasteiger partial charge in [-0.2, -0.15) is 0 Å². The van der Waals surface area contributed by atoms with Crippen LogP contribution in [0.15, 0.2) is 0 Å². The molecule has 2 atom stereocenters. The number of rotatable bonds is 14. The Labute approximate surface area is 200 Å². The molecule has 0 aliphatic carbocycles. The number of carboxylic acid groups (broad SMARTS) is 2. The topological polar surface area (TPSA) is 119 Å². The Balaban J connectivity index is -0.000000398. The van der Waals surface area contributed by atoms with Crippen molar-refractivity contribution in [3.63, 3.8) is 0 Å². The second-order valence-electron chi connectivity index (χ2n) is 6.14. The van der Waals surface area contributed by atoms with Gasteiger partial charge in [-0.3, -0.25) is 4.57 Å². The molecule has 0 fully saturated rings. The van der Waals surface area contributed by atoms with Gasteiger partial charge in [0.1, 0.15) is 0 Å². The summed E-state index contributed by atoms with van der Waals surface area (Å²) in [6, 6.07) is 0. The van der Waals surface area contributed by atoms with Crippen LogP contribution >= 0.6 is 20.2 Å². The fourth-order valence-corrected chi connectivity index (χ4v) is 3.09. The van der Waals surface area contributed by atoms with E-state index in [1.165, 1.54) is 0 Å². The zero-order valence-corrected chi connectivity index (χ0v) is 21.1. The van der Waals surface area contributed by atoms with E-state index < -0.39 is 14.0 Å². The second kappa shape index (κ2) is 23.2. The predicted molar refractivity (Wildman–Crippen MR) is 107 cm³/mol. The first-order valence-electron chi connectivity index (χ1n) is 9.22. The minimum absolute atomic E-state index is 0. The van der Waals surface area contributed by atoms with Crippen molar-refractivity contribution in [3.05, 3.63) is 0 Å². The molecule has 0 heterocycles. The molecule has 0 saturated carbocycles. The maximum atomic E-state index is 11.8. The van der Waals surface area contributed by atoms with Crippen LogP contribution in [0.1, 0.15) is 79.1 Å². The molecule has 1 N–H and O–H groups in total. The van der Waals surface area contributed by atoms with Gasteiger partial charge in [-0.25, -0.2) is 0 Å². The van der Waals surface area contributed by atoms with E-state index in [-0.39, 0.29) is 63.4 Å². The molecular weight excluding hydrogens is 423 g/mol. The van der Waals surface area contributed by atoms with Crippen LogP contribution in [0.4, 0.5) is 4.79 Å². The van der Waals surface area contributed by atoms with Crippen molar-refractivity contribution in [2.24, 2.45) is 11.8 Å². The number of phosphoric acid groups is 1. The van der Waals surface area contributed by atoms with Crippen LogP contribution in [0.2, 0.25) is 0 Å². The first kappa shape index (κ1) is 35.4. The summed E-state index contributed by atoms with van der Waals surface area (Å²) in [5, 5.41) is 15.3. The molecule has 0 saturated heterocycles. The van der Waals surface area contributed by atoms with Gasteiger partial charge in [0.15, 0.2) is 0 Å². The van der Waals surface area contributed by atoms with Gasteiger partial charge < -0.3 is 28.9 Å². The normalized spacial score (nSPS) is 14.4. The van der Waals surface area contributed by atoms with Gasteiger partial charge in [-0.05, 0) is 24.7 Å². The molecule has 27 heavy (non-hydrogen) atoms. The van der Waals surface area contributed by atoms with Gasteiger partial charge >= 0.3 is 37.7 Å². The van der Waals surface area contributed by atoms with E-state index in [1.54, 1.807) is 0 Å². The summed E-state index contributed by atoms with van der Waals surface area (Å²) >= 11 is 0. The number of phosphoric ester groups is 1. The van der Waals surface area contributed by atoms with Crippen molar-refractivity contribution in [2.45, 2.75) is 79.1 Å². The number of carbonyl (C=O) groups is 1. The molecule has 0 radical (unpaired) electrons. The Morgan fingerprint density at radius 2 is 1.26 bits per heavy atom. The van der Waals surface area contributed by atoms with Crippen LogP contribution in [0.25, 0.3) is 0 Å². The fourth-order valence-electron chi connectivity index (χ4n) is 2.23. The molecule has 0 aliphatic rings. The van der Waals surface area contributed by atoms with Crippen LogP contribution < -0.4 is 10.00 Å². The van der Waals surface area contributed by atoms with Gasteiger partial charge in [0.25, 0.3) is 7.82 Å². The first-order chi connectivity index (χ1) is 11.7. The molecule has 0 aromatic heterocycles. The SMILES string of the molecule is CCCCC(CC)COP(=O)([O-])OCC(CC)CCCC.Cl.O=C([O-])O.[Ca+2]. The van der Waals surface area contributed by atoms with Crippen molar-refractivity contribution in [2.75, 3.05) is 13.2 Å². The third-order valence-electron chi connectivity index (χ3n) is 4.02. The molecular formula is C17H36CaClO7P. The Morgan fingerprint density at radius 3 is 1.48 bits per heavy atom. The quantitative estimate of drug-likeness (QED) is 0.310. The largest absolute Gasteiger partial charge is 2.00 e. The van der Waals surface area contributed by atoms with Crippen LogP contribution in [0.5, 0.6) is 0 Å². The van der Waals surface area contributed by atoms with E-state index in [9.17, 15) is 9.46 Å². The maximum Gasteiger partial charge on any atom is 2.00 e. The molecule has 160 valence electrons. The van der Waals surface area contributed by atoms with Crippen LogP contribution in [0.3, 0.4) is 0 Å². The standard InChI is InChI=1S/C16H35O4P.CH2O3.Ca.ClH/c1-5-9-11-15(7-3)13-19-21(17,18)20-14-16(8-4)12-10-6-2;2-1(3)4;;/h15-16H,5-14H2,1-4H3,(H,17,18);(H2,2,3,4);;1H/q;;+2;/p-2. The third-order valence-corrected chi connectivity index (χ3v) is 4.95. The summed E-state index contributed by atoms with van der Waals surface area (Å²) in [5.74, 6) is 0.607. The van der Waals surface area contributed by atoms with E-state index >= 15 is 0 Å². The Kier molecular flexibility index (Phi) is 30.4. The molecule has 0 amide bonds. The Hall–Kier alpha value is 0.930. The van der Waals surface area contributed by atoms with Crippen LogP contribution in [-0.2, 0) is 13.6 Å². The average Bonchev–Trinajstić information content (AvgIpc) is 2.54. The minimum Gasteiger partial charge on any atom is -0.756 e. The van der Waals surface area contributed by atoms with Gasteiger partial charge in [0.05, 0.1) is 13.2 Å². The minimum atomic E-state index is -4.14. The van der Waals surface area contributed by atoms with Crippen molar-refractivity contribution >= 4 is 64.1 Å². The average molecular weight is 459 g/mol. The predicted octanol–water partition coefficient (Wildman–Crippen LogP) is 3.85. The first-order valence-corrected chi connectivity index (χ1v) is 10.7. The molecule has 0 aromatic carbocycles. The van der Waals surface area contributed by atoms with Gasteiger partial charge in [-0.1, -0.05) is 66.2 Å². The van der Waals surface area contributed by atoms with E-state index in [4.69, 9.17) is 24.1 Å². The van der Waals surface area contributed by atoms with Crippen molar-refractivity contribution in [3.8, 4) is 0 Å². The van der Waals surface area contributed by atoms with Crippen molar-refractivity contribution in [1.29, 1.82) is 0 Å². The van der Waals surface area contributed by atoms with Crippen LogP contribution in [0, 0.1) is 11.8 Å². The molecule has 10 heteroatoms. The van der Waals surface area contributed by atoms with Gasteiger partial charge in [-0.15, -0.1) is 12.4 Å². The smallest absolute Gasteiger partial charge is 0.756 e. The molecule has 0 aliphatic heterocycles. The van der Waals surface area contributed by atoms with E-state index in [2.05, 4.69) is 27.7 Å². The summed E-state index contributed by atoms with van der Waals surface area (Å²) in [6.07, 6.45) is 6.29. The Bertz CT molecular complexity index is 347. The van der Waals surface area contributed by atoms with Gasteiger partial charge in [0, 0.05) is 0 Å². The molecule has 0 rings (SSSR count). The number of halogens is 1. The van der Waals surface area contributed by atoms with E-state index in [0.29, 0.717) is 11.8 Å². The summed E-state index contributed by atoms with van der Waals surface area (Å²) in [5.41, 5.74) is 0. The zero-order valence-electron chi connectivity index (χ0n) is 17.2. The number of hydrogen-bond acceptors (Lipinski definition) is 6. The van der Waals surface area contributed by atoms with Crippen LogP contribution in [-0.4, -0.2) is 62.2 Å². The summed E-state index contributed by atoms with van der Waals surface area (Å²) < 4.78 is 21.9. The molecule has 7 nitrogen and oxygen atoms in total. The fraction of sp³-hybridized carbons (Fsp3) is 0.941. The molecule has 0 bridgehead atoms. The Morgan fingerprint density at radius 1 is 0.963 bits per heavy atom. The van der Waals surface area contributed by atoms with Crippen molar-refractivity contribution in [1.82, 2.24) is 0 Å². The summed E-state index contributed by atoms with van der Waals surface area (Å²) in [6.45, 7) is 8.91. The number of unbranched alkanes of at least 4 members (excludes halogenated alkanes) is 2. The van der Waals surface area contributed by atoms with Crippen molar-refractivity contribution < 1.29 is 33.5 Å². The maximum absolute atomic E-state index is 11.8. The third kappa shape index (κ3) is 26.9. The summed E-state index contributed by atoms with van der Waals surface area (Å²) in [7, 11) is -4.14. The van der Waals surface area contributed by atoms with E-state index in [0.717, 1.165) is 51.4 Å². The molecule has 0 spiro atoms. The van der Waals surface area contributed by atoms with Gasteiger partial charge in [0.2, 0.25) is 6.16 Å². The molecule has 0 aromatic rings.